The van der Waals surface area contributed by atoms with Crippen LogP contribution in [0.4, 0.5) is 0 Å². The highest BCUT2D eigenvalue weighted by atomic mass is 35.5. The Morgan fingerprint density at radius 1 is 1.36 bits per heavy atom. The van der Waals surface area contributed by atoms with Gasteiger partial charge in [-0.15, -0.1) is 23.4 Å². The molecule has 0 aliphatic carbocycles. The highest BCUT2D eigenvalue weighted by Crippen LogP contribution is 2.53. The third-order valence-electron chi connectivity index (χ3n) is 4.16. The highest BCUT2D eigenvalue weighted by Gasteiger charge is 2.63. The van der Waals surface area contributed by atoms with E-state index in [0.29, 0.717) is 5.88 Å². The lowest BCUT2D eigenvalue weighted by Gasteiger charge is -2.43. The van der Waals surface area contributed by atoms with Gasteiger partial charge in [0.15, 0.2) is 0 Å². The van der Waals surface area contributed by atoms with Crippen LogP contribution in [-0.4, -0.2) is 38.8 Å². The molecule has 22 heavy (non-hydrogen) atoms. The van der Waals surface area contributed by atoms with Crippen molar-refractivity contribution in [2.45, 2.75) is 36.6 Å². The summed E-state index contributed by atoms with van der Waals surface area (Å²) < 4.78 is 5.07. The van der Waals surface area contributed by atoms with Crippen molar-refractivity contribution in [3.8, 4) is 0 Å². The number of amides is 1. The Labute approximate surface area is 139 Å². The van der Waals surface area contributed by atoms with Gasteiger partial charge in [0.1, 0.15) is 12.6 Å². The smallest absolute Gasteiger partial charge is 0.330 e. The molecule has 0 radical (unpaired) electrons. The molecule has 1 aromatic carbocycles. The molecule has 0 bridgehead atoms. The Kier molecular flexibility index (Phi) is 4.12. The number of ether oxygens (including phenoxy) is 1. The quantitative estimate of drug-likeness (QED) is 0.480. The molecule has 1 unspecified atom stereocenters. The molecule has 0 aromatic heterocycles. The average molecular weight is 340 g/mol. The standard InChI is InChI=1S/C16H18ClNO3S/c1-16(2)12(18-13(19)11(8-17)14(18)22-16)15(20)21-9-10-6-4-3-5-7-10/h3-7,11-12,14H,8-9H2,1-2H3/t11?,12-,14+/m0/s1. The van der Waals surface area contributed by atoms with E-state index >= 15 is 0 Å². The Bertz CT molecular complexity index is 592. The van der Waals surface area contributed by atoms with Gasteiger partial charge in [0.25, 0.3) is 0 Å². The SMILES string of the molecule is CC1(C)S[C@@H]2C(CCl)C(=O)N2[C@H]1C(=O)OCc1ccccc1. The van der Waals surface area contributed by atoms with Gasteiger partial charge in [-0.2, -0.15) is 0 Å². The van der Waals surface area contributed by atoms with Crippen LogP contribution in [0.25, 0.3) is 0 Å². The molecule has 3 atom stereocenters. The van der Waals surface area contributed by atoms with E-state index in [0.717, 1.165) is 5.56 Å². The number of esters is 1. The van der Waals surface area contributed by atoms with Gasteiger partial charge >= 0.3 is 5.97 Å². The number of hydrogen-bond donors (Lipinski definition) is 0. The van der Waals surface area contributed by atoms with Crippen molar-refractivity contribution in [1.82, 2.24) is 4.90 Å². The summed E-state index contributed by atoms with van der Waals surface area (Å²) in [7, 11) is 0. The summed E-state index contributed by atoms with van der Waals surface area (Å²) in [5.41, 5.74) is 0.935. The number of hydrogen-bond acceptors (Lipinski definition) is 4. The van der Waals surface area contributed by atoms with Gasteiger partial charge in [-0.05, 0) is 19.4 Å². The number of nitrogens with zero attached hydrogens (tertiary/aromatic N) is 1. The molecule has 2 aliphatic rings. The number of fused-ring (bicyclic) bond motifs is 1. The van der Waals surface area contributed by atoms with E-state index in [2.05, 4.69) is 0 Å². The summed E-state index contributed by atoms with van der Waals surface area (Å²) in [4.78, 5) is 26.3. The fourth-order valence-electron chi connectivity index (χ4n) is 3.02. The second kappa shape index (κ2) is 5.78. The summed E-state index contributed by atoms with van der Waals surface area (Å²) in [5, 5.41) is -0.00530. The summed E-state index contributed by atoms with van der Waals surface area (Å²) in [6.07, 6.45) is 0. The zero-order valence-corrected chi connectivity index (χ0v) is 14.1. The van der Waals surface area contributed by atoms with Gasteiger partial charge in [0, 0.05) is 10.6 Å². The summed E-state index contributed by atoms with van der Waals surface area (Å²) in [5.74, 6) is -0.266. The molecule has 0 saturated carbocycles. The fraction of sp³-hybridized carbons (Fsp3) is 0.500. The van der Waals surface area contributed by atoms with Crippen LogP contribution in [0.15, 0.2) is 30.3 Å². The Morgan fingerprint density at radius 3 is 2.68 bits per heavy atom. The van der Waals surface area contributed by atoms with E-state index in [1.54, 1.807) is 16.7 Å². The molecule has 2 fully saturated rings. The molecule has 0 N–H and O–H groups in total. The first kappa shape index (κ1) is 15.7. The molecule has 118 valence electrons. The summed E-state index contributed by atoms with van der Waals surface area (Å²) in [6, 6.07) is 8.99. The minimum atomic E-state index is -0.543. The number of carbonyl (C=O) groups is 2. The maximum Gasteiger partial charge on any atom is 0.330 e. The predicted molar refractivity (Wildman–Crippen MR) is 86.5 cm³/mol. The zero-order chi connectivity index (χ0) is 15.9. The van der Waals surface area contributed by atoms with E-state index in [1.165, 1.54) is 0 Å². The van der Waals surface area contributed by atoms with Crippen LogP contribution >= 0.6 is 23.4 Å². The molecule has 2 aliphatic heterocycles. The van der Waals surface area contributed by atoms with Gasteiger partial charge in [-0.1, -0.05) is 30.3 Å². The minimum Gasteiger partial charge on any atom is -0.459 e. The Morgan fingerprint density at radius 2 is 2.05 bits per heavy atom. The van der Waals surface area contributed by atoms with Gasteiger partial charge in [-0.3, -0.25) is 4.79 Å². The van der Waals surface area contributed by atoms with Crippen LogP contribution in [0.3, 0.4) is 0 Å². The highest BCUT2D eigenvalue weighted by molar-refractivity contribution is 8.01. The van der Waals surface area contributed by atoms with Crippen molar-refractivity contribution >= 4 is 35.2 Å². The number of rotatable bonds is 4. The van der Waals surface area contributed by atoms with Crippen LogP contribution < -0.4 is 0 Å². The molecule has 0 spiro atoms. The normalized spacial score (nSPS) is 29.0. The zero-order valence-electron chi connectivity index (χ0n) is 12.5. The summed E-state index contributed by atoms with van der Waals surface area (Å²) >= 11 is 7.48. The molecule has 4 nitrogen and oxygen atoms in total. The molecule has 2 heterocycles. The molecule has 1 amide bonds. The van der Waals surface area contributed by atoms with Gasteiger partial charge < -0.3 is 9.64 Å². The van der Waals surface area contributed by atoms with Gasteiger partial charge in [0.05, 0.1) is 11.3 Å². The van der Waals surface area contributed by atoms with E-state index in [1.807, 2.05) is 44.2 Å². The van der Waals surface area contributed by atoms with E-state index in [-0.39, 0.29) is 34.5 Å². The number of alkyl halides is 1. The first-order valence-corrected chi connectivity index (χ1v) is 8.63. The van der Waals surface area contributed by atoms with E-state index in [4.69, 9.17) is 16.3 Å². The lowest BCUT2D eigenvalue weighted by atomic mass is 9.93. The molecular formula is C16H18ClNO3S. The summed E-state index contributed by atoms with van der Waals surface area (Å²) in [6.45, 7) is 4.18. The first-order chi connectivity index (χ1) is 10.5. The monoisotopic (exact) mass is 339 g/mol. The molecule has 1 aromatic rings. The number of thioether (sulfide) groups is 1. The van der Waals surface area contributed by atoms with Crippen molar-refractivity contribution < 1.29 is 14.3 Å². The second-order valence-corrected chi connectivity index (χ2v) is 8.19. The predicted octanol–water partition coefficient (Wildman–Crippen LogP) is 2.65. The van der Waals surface area contributed by atoms with Crippen molar-refractivity contribution in [3.05, 3.63) is 35.9 Å². The van der Waals surface area contributed by atoms with Crippen LogP contribution in [0.5, 0.6) is 0 Å². The van der Waals surface area contributed by atoms with Crippen LogP contribution in [0.2, 0.25) is 0 Å². The third kappa shape index (κ3) is 2.50. The van der Waals surface area contributed by atoms with Crippen LogP contribution in [0.1, 0.15) is 19.4 Å². The molecule has 6 heteroatoms. The van der Waals surface area contributed by atoms with E-state index < -0.39 is 6.04 Å². The van der Waals surface area contributed by atoms with E-state index in [9.17, 15) is 9.59 Å². The molecule has 2 saturated heterocycles. The molecule has 3 rings (SSSR count). The van der Waals surface area contributed by atoms with Crippen molar-refractivity contribution in [1.29, 1.82) is 0 Å². The largest absolute Gasteiger partial charge is 0.459 e. The number of β-lactam (4-membered cyclic amide) rings is 1. The lowest BCUT2D eigenvalue weighted by Crippen LogP contribution is -2.63. The second-order valence-electron chi connectivity index (χ2n) is 6.11. The van der Waals surface area contributed by atoms with Crippen molar-refractivity contribution in [2.75, 3.05) is 5.88 Å². The van der Waals surface area contributed by atoms with Crippen LogP contribution in [0, 0.1) is 5.92 Å². The molecular weight excluding hydrogens is 322 g/mol. The lowest BCUT2D eigenvalue weighted by molar-refractivity contribution is -0.166. The Balaban J connectivity index is 1.70. The first-order valence-electron chi connectivity index (χ1n) is 7.22. The fourth-order valence-corrected chi connectivity index (χ4v) is 5.11. The number of carbonyl (C=O) groups excluding carboxylic acids is 2. The number of halogens is 1. The topological polar surface area (TPSA) is 46.6 Å². The Hall–Kier alpha value is -1.20. The van der Waals surface area contributed by atoms with Gasteiger partial charge in [0.2, 0.25) is 5.91 Å². The maximum absolute atomic E-state index is 12.5. The number of benzene rings is 1. The van der Waals surface area contributed by atoms with Crippen molar-refractivity contribution in [2.24, 2.45) is 5.92 Å². The average Bonchev–Trinajstić information content (AvgIpc) is 2.74. The van der Waals surface area contributed by atoms with Gasteiger partial charge in [-0.25, -0.2) is 4.79 Å². The van der Waals surface area contributed by atoms with Crippen molar-refractivity contribution in [3.63, 3.8) is 0 Å². The maximum atomic E-state index is 12.5. The third-order valence-corrected chi connectivity index (χ3v) is 6.13. The van der Waals surface area contributed by atoms with Crippen LogP contribution in [-0.2, 0) is 20.9 Å². The minimum absolute atomic E-state index is 0.00530.